The van der Waals surface area contributed by atoms with Gasteiger partial charge in [0.1, 0.15) is 5.82 Å². The second-order valence-corrected chi connectivity index (χ2v) is 8.26. The van der Waals surface area contributed by atoms with E-state index in [1.165, 1.54) is 12.8 Å². The van der Waals surface area contributed by atoms with E-state index in [9.17, 15) is 0 Å². The van der Waals surface area contributed by atoms with Crippen molar-refractivity contribution in [3.05, 3.63) is 24.0 Å². The van der Waals surface area contributed by atoms with Gasteiger partial charge in [-0.1, -0.05) is 0 Å². The first-order valence-corrected chi connectivity index (χ1v) is 10.7. The number of nitrogens with zero attached hydrogens (tertiary/aromatic N) is 7. The highest BCUT2D eigenvalue weighted by Gasteiger charge is 2.30. The zero-order chi connectivity index (χ0) is 19.6. The van der Waals surface area contributed by atoms with Gasteiger partial charge in [-0.15, -0.1) is 10.2 Å². The third-order valence-electron chi connectivity index (χ3n) is 6.08. The Kier molecular flexibility index (Phi) is 5.32. The van der Waals surface area contributed by atoms with E-state index >= 15 is 0 Å². The topological polar surface area (TPSA) is 83.7 Å². The van der Waals surface area contributed by atoms with Crippen molar-refractivity contribution in [3.63, 3.8) is 0 Å². The summed E-state index contributed by atoms with van der Waals surface area (Å²) < 4.78 is 11.3. The predicted molar refractivity (Wildman–Crippen MR) is 108 cm³/mol. The standard InChI is InChI=1S/C20H29N7O2/c1-25(20-21-7-6-17(22-20)27-9-11-28-12-10-27)16-3-2-8-26(13-16)14-18-23-24-19(29-18)15-4-5-15/h6-7,15-16H,2-5,8-14H2,1H3. The molecule has 29 heavy (non-hydrogen) atoms. The molecule has 1 unspecified atom stereocenters. The number of aromatic nitrogens is 4. The van der Waals surface area contributed by atoms with Gasteiger partial charge in [-0.2, -0.15) is 4.98 Å². The van der Waals surface area contributed by atoms with Crippen molar-refractivity contribution in [1.82, 2.24) is 25.1 Å². The number of morpholine rings is 1. The zero-order valence-electron chi connectivity index (χ0n) is 17.0. The fourth-order valence-electron chi connectivity index (χ4n) is 4.15. The number of rotatable bonds is 6. The van der Waals surface area contributed by atoms with E-state index in [0.29, 0.717) is 12.0 Å². The van der Waals surface area contributed by atoms with E-state index in [4.69, 9.17) is 14.1 Å². The molecule has 2 aliphatic heterocycles. The summed E-state index contributed by atoms with van der Waals surface area (Å²) in [6.07, 6.45) is 6.50. The lowest BCUT2D eigenvalue weighted by molar-refractivity contribution is 0.122. The Labute approximate surface area is 171 Å². The Morgan fingerprint density at radius 3 is 2.83 bits per heavy atom. The maximum Gasteiger partial charge on any atom is 0.230 e. The lowest BCUT2D eigenvalue weighted by Crippen LogP contribution is -2.47. The van der Waals surface area contributed by atoms with Gasteiger partial charge < -0.3 is 19.0 Å². The predicted octanol–water partition coefficient (Wildman–Crippen LogP) is 1.67. The van der Waals surface area contributed by atoms with Crippen LogP contribution in [0.5, 0.6) is 0 Å². The molecule has 0 N–H and O–H groups in total. The van der Waals surface area contributed by atoms with Gasteiger partial charge in [0.25, 0.3) is 0 Å². The summed E-state index contributed by atoms with van der Waals surface area (Å²) in [7, 11) is 2.10. The van der Waals surface area contributed by atoms with Crippen LogP contribution in [0.15, 0.2) is 16.7 Å². The molecule has 0 spiro atoms. The van der Waals surface area contributed by atoms with Crippen LogP contribution in [0.25, 0.3) is 0 Å². The SMILES string of the molecule is CN(c1nccc(N2CCOCC2)n1)C1CCCN(Cc2nnc(C3CC3)o2)C1. The molecule has 1 aliphatic carbocycles. The molecule has 0 bridgehead atoms. The van der Waals surface area contributed by atoms with Gasteiger partial charge in [-0.05, 0) is 38.3 Å². The average Bonchev–Trinajstić information content (AvgIpc) is 3.53. The molecule has 0 radical (unpaired) electrons. The lowest BCUT2D eigenvalue weighted by Gasteiger charge is -2.37. The molecule has 2 aromatic rings. The average molecular weight is 399 g/mol. The van der Waals surface area contributed by atoms with E-state index in [-0.39, 0.29) is 0 Å². The minimum absolute atomic E-state index is 0.370. The van der Waals surface area contributed by atoms with Crippen LogP contribution in [-0.4, -0.2) is 77.5 Å². The van der Waals surface area contributed by atoms with Crippen molar-refractivity contribution < 1.29 is 9.15 Å². The van der Waals surface area contributed by atoms with Crippen LogP contribution in [-0.2, 0) is 11.3 Å². The number of likely N-dealkylation sites (tertiary alicyclic amines) is 1. The molecule has 0 aromatic carbocycles. The maximum absolute atomic E-state index is 5.86. The van der Waals surface area contributed by atoms with Gasteiger partial charge in [-0.3, -0.25) is 4.90 Å². The molecule has 3 aliphatic rings. The second kappa shape index (κ2) is 8.23. The number of likely N-dealkylation sites (N-methyl/N-ethyl adjacent to an activating group) is 1. The van der Waals surface area contributed by atoms with Crippen LogP contribution in [0, 0.1) is 0 Å². The van der Waals surface area contributed by atoms with Gasteiger partial charge >= 0.3 is 0 Å². The van der Waals surface area contributed by atoms with Gasteiger partial charge in [0.2, 0.25) is 17.7 Å². The quantitative estimate of drug-likeness (QED) is 0.720. The molecule has 9 heteroatoms. The number of hydrogen-bond donors (Lipinski definition) is 0. The van der Waals surface area contributed by atoms with Gasteiger partial charge in [-0.25, -0.2) is 4.98 Å². The summed E-state index contributed by atoms with van der Waals surface area (Å²) in [5, 5.41) is 8.46. The highest BCUT2D eigenvalue weighted by atomic mass is 16.5. The van der Waals surface area contributed by atoms with E-state index in [0.717, 1.165) is 82.3 Å². The van der Waals surface area contributed by atoms with E-state index in [2.05, 4.69) is 36.9 Å². The molecular formula is C20H29N7O2. The van der Waals surface area contributed by atoms with Crippen LogP contribution in [0.4, 0.5) is 11.8 Å². The Balaban J connectivity index is 1.22. The minimum Gasteiger partial charge on any atom is -0.424 e. The van der Waals surface area contributed by atoms with Crippen LogP contribution < -0.4 is 9.80 Å². The summed E-state index contributed by atoms with van der Waals surface area (Å²) in [6.45, 7) is 5.99. The Morgan fingerprint density at radius 2 is 2.00 bits per heavy atom. The highest BCUT2D eigenvalue weighted by Crippen LogP contribution is 2.39. The molecule has 1 saturated carbocycles. The summed E-state index contributed by atoms with van der Waals surface area (Å²) in [5.41, 5.74) is 0. The smallest absolute Gasteiger partial charge is 0.230 e. The molecule has 0 amide bonds. The van der Waals surface area contributed by atoms with Crippen molar-refractivity contribution in [2.75, 3.05) is 56.2 Å². The van der Waals surface area contributed by atoms with Crippen LogP contribution in [0.2, 0.25) is 0 Å². The fraction of sp³-hybridized carbons (Fsp3) is 0.700. The van der Waals surface area contributed by atoms with Gasteiger partial charge in [0.15, 0.2) is 0 Å². The van der Waals surface area contributed by atoms with E-state index < -0.39 is 0 Å². The molecular weight excluding hydrogens is 370 g/mol. The minimum atomic E-state index is 0.370. The molecule has 5 rings (SSSR count). The number of hydrogen-bond acceptors (Lipinski definition) is 9. The summed E-state index contributed by atoms with van der Waals surface area (Å²) in [5.74, 6) is 3.83. The second-order valence-electron chi connectivity index (χ2n) is 8.26. The van der Waals surface area contributed by atoms with Crippen molar-refractivity contribution in [3.8, 4) is 0 Å². The van der Waals surface area contributed by atoms with Crippen molar-refractivity contribution in [1.29, 1.82) is 0 Å². The van der Waals surface area contributed by atoms with Gasteiger partial charge in [0.05, 0.1) is 19.8 Å². The molecule has 2 saturated heterocycles. The molecule has 156 valence electrons. The third-order valence-corrected chi connectivity index (χ3v) is 6.08. The molecule has 1 atom stereocenters. The first-order valence-electron chi connectivity index (χ1n) is 10.7. The Bertz CT molecular complexity index is 819. The fourth-order valence-corrected chi connectivity index (χ4v) is 4.15. The van der Waals surface area contributed by atoms with E-state index in [1.54, 1.807) is 0 Å². The van der Waals surface area contributed by atoms with Crippen molar-refractivity contribution in [2.24, 2.45) is 0 Å². The summed E-state index contributed by atoms with van der Waals surface area (Å²) >= 11 is 0. The normalized spacial score (nSPS) is 23.3. The Morgan fingerprint density at radius 1 is 1.14 bits per heavy atom. The maximum atomic E-state index is 5.86. The van der Waals surface area contributed by atoms with Crippen LogP contribution in [0.1, 0.15) is 43.4 Å². The first kappa shape index (κ1) is 18.7. The molecule has 2 aromatic heterocycles. The van der Waals surface area contributed by atoms with Crippen molar-refractivity contribution in [2.45, 2.75) is 44.2 Å². The largest absolute Gasteiger partial charge is 0.424 e. The number of anilines is 2. The molecule has 3 fully saturated rings. The lowest BCUT2D eigenvalue weighted by atomic mass is 10.0. The summed E-state index contributed by atoms with van der Waals surface area (Å²) in [6, 6.07) is 2.36. The Hall–Kier alpha value is -2.26. The van der Waals surface area contributed by atoms with Crippen LogP contribution >= 0.6 is 0 Å². The van der Waals surface area contributed by atoms with Gasteiger partial charge in [0, 0.05) is 44.8 Å². The molecule has 4 heterocycles. The van der Waals surface area contributed by atoms with Crippen molar-refractivity contribution >= 4 is 11.8 Å². The zero-order valence-corrected chi connectivity index (χ0v) is 17.0. The third kappa shape index (κ3) is 4.35. The van der Waals surface area contributed by atoms with Crippen LogP contribution in [0.3, 0.4) is 0 Å². The summed E-state index contributed by atoms with van der Waals surface area (Å²) in [4.78, 5) is 16.3. The first-order chi connectivity index (χ1) is 14.3. The van der Waals surface area contributed by atoms with E-state index in [1.807, 2.05) is 12.3 Å². The highest BCUT2D eigenvalue weighted by molar-refractivity contribution is 5.44. The molecule has 9 nitrogen and oxygen atoms in total. The number of piperidine rings is 1. The monoisotopic (exact) mass is 399 g/mol. The number of ether oxygens (including phenoxy) is 1.